The van der Waals surface area contributed by atoms with Gasteiger partial charge in [-0.2, -0.15) is 0 Å². The molecule has 0 aromatic heterocycles. The number of fused-ring (bicyclic) bond motifs is 7. The van der Waals surface area contributed by atoms with Gasteiger partial charge in [0.15, 0.2) is 5.78 Å². The van der Waals surface area contributed by atoms with Gasteiger partial charge in [0.25, 0.3) is 5.91 Å². The van der Waals surface area contributed by atoms with Crippen molar-refractivity contribution in [3.8, 4) is 0 Å². The second-order valence-electron chi connectivity index (χ2n) is 9.91. The molecule has 6 nitrogen and oxygen atoms in total. The van der Waals surface area contributed by atoms with Crippen molar-refractivity contribution in [3.63, 3.8) is 0 Å². The number of nitrogens with zero attached hydrogens (tertiary/aromatic N) is 1. The molecule has 2 spiro atoms. The highest BCUT2D eigenvalue weighted by Gasteiger charge is 2.81. The number of hydrogen-bond donors (Lipinski definition) is 2. The molecule has 2 saturated heterocycles. The molecule has 180 valence electrons. The maximum absolute atomic E-state index is 14.5. The molecule has 4 aliphatic rings. The van der Waals surface area contributed by atoms with Crippen molar-refractivity contribution < 1.29 is 14.4 Å². The molecule has 0 bridgehead atoms. The number of hydrogen-bond acceptors (Lipinski definition) is 4. The molecule has 8 heteroatoms. The number of ketones is 1. The predicted octanol–water partition coefficient (Wildman–Crippen LogP) is 5.12. The van der Waals surface area contributed by atoms with E-state index in [2.05, 4.69) is 31.5 Å². The van der Waals surface area contributed by atoms with E-state index in [1.807, 2.05) is 36.4 Å². The lowest BCUT2D eigenvalue weighted by molar-refractivity contribution is -0.137. The van der Waals surface area contributed by atoms with Crippen LogP contribution in [0.2, 0.25) is 5.02 Å². The molecule has 0 saturated carbocycles. The van der Waals surface area contributed by atoms with E-state index in [0.717, 1.165) is 17.3 Å². The van der Waals surface area contributed by atoms with E-state index in [9.17, 15) is 14.4 Å². The maximum Gasteiger partial charge on any atom is 0.251 e. The molecule has 7 rings (SSSR count). The van der Waals surface area contributed by atoms with Crippen LogP contribution in [-0.2, 0) is 20.5 Å². The van der Waals surface area contributed by atoms with Crippen molar-refractivity contribution in [2.45, 2.75) is 29.8 Å². The summed E-state index contributed by atoms with van der Waals surface area (Å²) < 4.78 is 0.863. The van der Waals surface area contributed by atoms with E-state index in [-0.39, 0.29) is 23.6 Å². The average Bonchev–Trinajstić information content (AvgIpc) is 3.58. The molecule has 3 aromatic rings. The largest absolute Gasteiger partial charge is 0.325 e. The fourth-order valence-electron chi connectivity index (χ4n) is 7.34. The van der Waals surface area contributed by atoms with Crippen molar-refractivity contribution in [1.29, 1.82) is 0 Å². The Labute approximate surface area is 221 Å². The van der Waals surface area contributed by atoms with Crippen LogP contribution in [0.25, 0.3) is 0 Å². The lowest BCUT2D eigenvalue weighted by Crippen LogP contribution is -2.62. The summed E-state index contributed by atoms with van der Waals surface area (Å²) in [6, 6.07) is 19.7. The summed E-state index contributed by atoms with van der Waals surface area (Å²) in [5.74, 6) is -1.51. The van der Waals surface area contributed by atoms with Crippen LogP contribution in [-0.4, -0.2) is 35.1 Å². The number of rotatable bonds is 2. The van der Waals surface area contributed by atoms with Crippen LogP contribution >= 0.6 is 27.5 Å². The Morgan fingerprint density at radius 2 is 1.67 bits per heavy atom. The van der Waals surface area contributed by atoms with Crippen molar-refractivity contribution in [2.24, 2.45) is 5.92 Å². The summed E-state index contributed by atoms with van der Waals surface area (Å²) in [6.45, 7) is 0.603. The zero-order chi connectivity index (χ0) is 24.8. The molecule has 3 aromatic carbocycles. The van der Waals surface area contributed by atoms with Gasteiger partial charge in [0, 0.05) is 38.0 Å². The van der Waals surface area contributed by atoms with Crippen LogP contribution in [0.3, 0.4) is 0 Å². The summed E-state index contributed by atoms with van der Waals surface area (Å²) in [6.07, 6.45) is 1.55. The number of anilines is 2. The number of carbonyl (C=O) groups excluding carboxylic acids is 3. The van der Waals surface area contributed by atoms with Crippen LogP contribution in [0.4, 0.5) is 11.4 Å². The third kappa shape index (κ3) is 2.48. The SMILES string of the molecule is O=C(c1ccc(Br)cc1)[C@@H]1[C@@H]2CCCN2[C@]2(C(=O)Nc3ccc(Cl)cc32)[C@@]12C(=O)Nc1ccccc12. The van der Waals surface area contributed by atoms with E-state index >= 15 is 0 Å². The number of amides is 2. The summed E-state index contributed by atoms with van der Waals surface area (Å²) in [7, 11) is 0. The fraction of sp³-hybridized carbons (Fsp3) is 0.250. The second kappa shape index (κ2) is 7.51. The van der Waals surface area contributed by atoms with Crippen LogP contribution in [0.15, 0.2) is 71.2 Å². The van der Waals surface area contributed by atoms with Crippen molar-refractivity contribution in [1.82, 2.24) is 4.90 Å². The average molecular weight is 563 g/mol. The van der Waals surface area contributed by atoms with Gasteiger partial charge in [0.2, 0.25) is 5.91 Å². The third-order valence-electron chi connectivity index (χ3n) is 8.47. The Kier molecular flexibility index (Phi) is 4.63. The van der Waals surface area contributed by atoms with E-state index < -0.39 is 16.9 Å². The van der Waals surface area contributed by atoms with Crippen LogP contribution in [0.5, 0.6) is 0 Å². The van der Waals surface area contributed by atoms with E-state index in [1.165, 1.54) is 0 Å². The Morgan fingerprint density at radius 1 is 0.944 bits per heavy atom. The van der Waals surface area contributed by atoms with E-state index in [0.29, 0.717) is 39.6 Å². The Morgan fingerprint density at radius 3 is 2.47 bits per heavy atom. The number of halogens is 2. The zero-order valence-electron chi connectivity index (χ0n) is 19.1. The smallest absolute Gasteiger partial charge is 0.251 e. The van der Waals surface area contributed by atoms with Gasteiger partial charge < -0.3 is 10.6 Å². The molecular weight excluding hydrogens is 542 g/mol. The molecule has 0 unspecified atom stereocenters. The highest BCUT2D eigenvalue weighted by Crippen LogP contribution is 2.68. The monoisotopic (exact) mass is 561 g/mol. The summed E-state index contributed by atoms with van der Waals surface area (Å²) in [5.41, 5.74) is 0.268. The normalized spacial score (nSPS) is 29.8. The summed E-state index contributed by atoms with van der Waals surface area (Å²) in [4.78, 5) is 45.2. The van der Waals surface area contributed by atoms with Crippen molar-refractivity contribution in [3.05, 3.63) is 92.9 Å². The standard InChI is InChI=1S/C28H21BrClN3O3/c29-16-9-7-15(8-10-16)24(34)23-22-6-3-13-33(22)28(19-14-17(30)11-12-21(19)32-26(28)36)27(23)18-4-1-2-5-20(18)31-25(27)35/h1-2,4-5,7-12,14,22-23H,3,6,13H2,(H,31,35)(H,32,36)/t22-,23-,27+,28+/m0/s1. The first-order chi connectivity index (χ1) is 17.4. The summed E-state index contributed by atoms with van der Waals surface area (Å²) in [5, 5.41) is 6.56. The quantitative estimate of drug-likeness (QED) is 0.425. The molecule has 2 amide bonds. The molecule has 4 aliphatic heterocycles. The highest BCUT2D eigenvalue weighted by molar-refractivity contribution is 9.10. The van der Waals surface area contributed by atoms with E-state index in [1.54, 1.807) is 30.3 Å². The zero-order valence-corrected chi connectivity index (χ0v) is 21.4. The van der Waals surface area contributed by atoms with Crippen LogP contribution < -0.4 is 10.6 Å². The lowest BCUT2D eigenvalue weighted by Gasteiger charge is -2.43. The molecule has 0 radical (unpaired) electrons. The number of Topliss-reactive ketones (excluding diaryl/α,β-unsaturated/α-hetero) is 1. The maximum atomic E-state index is 14.5. The first kappa shape index (κ1) is 22.2. The molecule has 0 aliphatic carbocycles. The Balaban J connectivity index is 1.59. The van der Waals surface area contributed by atoms with Gasteiger partial charge in [0.05, 0.1) is 5.92 Å². The Bertz CT molecular complexity index is 1490. The van der Waals surface area contributed by atoms with Gasteiger partial charge in [-0.25, -0.2) is 0 Å². The van der Waals surface area contributed by atoms with E-state index in [4.69, 9.17) is 11.6 Å². The van der Waals surface area contributed by atoms with Gasteiger partial charge in [-0.15, -0.1) is 0 Å². The first-order valence-corrected chi connectivity index (χ1v) is 13.2. The molecular formula is C28H21BrClN3O3. The van der Waals surface area contributed by atoms with Crippen molar-refractivity contribution in [2.75, 3.05) is 17.2 Å². The number of carbonyl (C=O) groups is 3. The molecule has 2 fully saturated rings. The fourth-order valence-corrected chi connectivity index (χ4v) is 7.78. The summed E-state index contributed by atoms with van der Waals surface area (Å²) >= 11 is 9.93. The van der Waals surface area contributed by atoms with Gasteiger partial charge in [0.1, 0.15) is 11.0 Å². The number of benzene rings is 3. The van der Waals surface area contributed by atoms with Crippen LogP contribution in [0, 0.1) is 5.92 Å². The number of para-hydroxylation sites is 1. The minimum Gasteiger partial charge on any atom is -0.325 e. The topological polar surface area (TPSA) is 78.5 Å². The minimum atomic E-state index is -1.46. The van der Waals surface area contributed by atoms with Gasteiger partial charge in [-0.05, 0) is 61.3 Å². The second-order valence-corrected chi connectivity index (χ2v) is 11.3. The minimum absolute atomic E-state index is 0.133. The predicted molar refractivity (Wildman–Crippen MR) is 140 cm³/mol. The first-order valence-electron chi connectivity index (χ1n) is 12.0. The van der Waals surface area contributed by atoms with Gasteiger partial charge >= 0.3 is 0 Å². The molecule has 2 N–H and O–H groups in total. The third-order valence-corrected chi connectivity index (χ3v) is 9.23. The van der Waals surface area contributed by atoms with Crippen molar-refractivity contribution >= 4 is 56.5 Å². The number of nitrogens with one attached hydrogen (secondary N) is 2. The lowest BCUT2D eigenvalue weighted by atomic mass is 9.57. The van der Waals surface area contributed by atoms with Gasteiger partial charge in [-0.1, -0.05) is 57.9 Å². The highest BCUT2D eigenvalue weighted by atomic mass is 79.9. The Hall–Kier alpha value is -3.00. The van der Waals surface area contributed by atoms with Crippen LogP contribution in [0.1, 0.15) is 34.3 Å². The molecule has 4 atom stereocenters. The molecule has 4 heterocycles. The molecule has 36 heavy (non-hydrogen) atoms. The van der Waals surface area contributed by atoms with Gasteiger partial charge in [-0.3, -0.25) is 19.3 Å².